The maximum atomic E-state index is 13.5. The molecule has 2 aromatic carbocycles. The fourth-order valence-electron chi connectivity index (χ4n) is 3.02. The lowest BCUT2D eigenvalue weighted by Gasteiger charge is -2.34. The molecule has 0 aromatic heterocycles. The molecule has 5 nitrogen and oxygen atoms in total. The molecule has 0 atom stereocenters. The molecular weight excluding hydrogens is 362 g/mol. The molecule has 1 aliphatic rings. The van der Waals surface area contributed by atoms with Crippen LogP contribution in [-0.2, 0) is 16.6 Å². The number of benzene rings is 2. The molecule has 1 fully saturated rings. The van der Waals surface area contributed by atoms with Gasteiger partial charge in [0.25, 0.3) is 0 Å². The van der Waals surface area contributed by atoms with Gasteiger partial charge in [0.1, 0.15) is 17.4 Å². The Balaban J connectivity index is 1.67. The van der Waals surface area contributed by atoms with Gasteiger partial charge in [-0.3, -0.25) is 4.90 Å². The first-order valence-electron chi connectivity index (χ1n) is 8.20. The van der Waals surface area contributed by atoms with Crippen LogP contribution in [0.3, 0.4) is 0 Å². The molecular formula is C18H20F2N2O3S. The molecule has 0 amide bonds. The van der Waals surface area contributed by atoms with E-state index >= 15 is 0 Å². The average Bonchev–Trinajstić information content (AvgIpc) is 2.62. The Hall–Kier alpha value is -2.03. The first-order chi connectivity index (χ1) is 12.4. The summed E-state index contributed by atoms with van der Waals surface area (Å²) in [5.74, 6) is -0.322. The topological polar surface area (TPSA) is 49.9 Å². The fraction of sp³-hybridized carbons (Fsp3) is 0.333. The normalized spacial score (nSPS) is 16.6. The number of methoxy groups -OCH3 is 1. The SMILES string of the molecule is COc1ccc(F)cc1CN1CCN(S(=O)(=O)c2cccc(F)c2)CC1. The lowest BCUT2D eigenvalue weighted by molar-refractivity contribution is 0.180. The van der Waals surface area contributed by atoms with Crippen molar-refractivity contribution >= 4 is 10.0 Å². The Labute approximate surface area is 151 Å². The van der Waals surface area contributed by atoms with E-state index in [9.17, 15) is 17.2 Å². The van der Waals surface area contributed by atoms with E-state index in [1.165, 1.54) is 41.7 Å². The van der Waals surface area contributed by atoms with E-state index in [1.54, 1.807) is 6.07 Å². The molecule has 8 heteroatoms. The molecule has 0 aliphatic carbocycles. The molecule has 1 aliphatic heterocycles. The second kappa shape index (κ2) is 7.69. The minimum atomic E-state index is -3.72. The summed E-state index contributed by atoms with van der Waals surface area (Å²) >= 11 is 0. The monoisotopic (exact) mass is 382 g/mol. The van der Waals surface area contributed by atoms with Gasteiger partial charge in [0.05, 0.1) is 12.0 Å². The molecule has 0 saturated carbocycles. The lowest BCUT2D eigenvalue weighted by Crippen LogP contribution is -2.48. The highest BCUT2D eigenvalue weighted by molar-refractivity contribution is 7.89. The van der Waals surface area contributed by atoms with Gasteiger partial charge in [-0.2, -0.15) is 4.31 Å². The highest BCUT2D eigenvalue weighted by atomic mass is 32.2. The van der Waals surface area contributed by atoms with Crippen LogP contribution in [0.5, 0.6) is 5.75 Å². The van der Waals surface area contributed by atoms with Gasteiger partial charge in [0.15, 0.2) is 0 Å². The molecule has 0 bridgehead atoms. The van der Waals surface area contributed by atoms with E-state index in [4.69, 9.17) is 4.74 Å². The molecule has 1 saturated heterocycles. The highest BCUT2D eigenvalue weighted by Gasteiger charge is 2.29. The molecule has 0 spiro atoms. The number of halogens is 2. The van der Waals surface area contributed by atoms with Gasteiger partial charge in [0.2, 0.25) is 10.0 Å². The number of sulfonamides is 1. The second-order valence-corrected chi connectivity index (χ2v) is 8.03. The minimum Gasteiger partial charge on any atom is -0.496 e. The third kappa shape index (κ3) is 4.03. The van der Waals surface area contributed by atoms with Gasteiger partial charge in [0, 0.05) is 38.3 Å². The Morgan fingerprint density at radius 2 is 1.69 bits per heavy atom. The fourth-order valence-corrected chi connectivity index (χ4v) is 4.47. The van der Waals surface area contributed by atoms with Crippen LogP contribution in [0.2, 0.25) is 0 Å². The smallest absolute Gasteiger partial charge is 0.243 e. The van der Waals surface area contributed by atoms with E-state index in [1.807, 2.05) is 4.90 Å². The maximum Gasteiger partial charge on any atom is 0.243 e. The van der Waals surface area contributed by atoms with Crippen LogP contribution in [0, 0.1) is 11.6 Å². The number of rotatable bonds is 5. The maximum absolute atomic E-state index is 13.5. The van der Waals surface area contributed by atoms with Gasteiger partial charge < -0.3 is 4.74 Å². The van der Waals surface area contributed by atoms with E-state index in [-0.39, 0.29) is 23.8 Å². The zero-order valence-corrected chi connectivity index (χ0v) is 15.2. The zero-order chi connectivity index (χ0) is 18.7. The standard InChI is InChI=1S/C18H20F2N2O3S/c1-25-18-6-5-16(20)11-14(18)13-21-7-9-22(10-8-21)26(23,24)17-4-2-3-15(19)12-17/h2-6,11-12H,7-10,13H2,1H3. The Kier molecular flexibility index (Phi) is 5.55. The minimum absolute atomic E-state index is 0.0438. The van der Waals surface area contributed by atoms with Crippen LogP contribution in [-0.4, -0.2) is 50.9 Å². The molecule has 0 unspecified atom stereocenters. The van der Waals surface area contributed by atoms with Crippen molar-refractivity contribution in [2.24, 2.45) is 0 Å². The molecule has 0 radical (unpaired) electrons. The number of ether oxygens (including phenoxy) is 1. The summed E-state index contributed by atoms with van der Waals surface area (Å²) in [6, 6.07) is 9.36. The van der Waals surface area contributed by atoms with Crippen molar-refractivity contribution in [3.05, 3.63) is 59.7 Å². The first kappa shape index (κ1) is 18.8. The quantitative estimate of drug-likeness (QED) is 0.797. The summed E-state index contributed by atoms with van der Waals surface area (Å²) in [5, 5.41) is 0. The van der Waals surface area contributed by atoms with Crippen molar-refractivity contribution in [2.75, 3.05) is 33.3 Å². The van der Waals surface area contributed by atoms with Crippen molar-refractivity contribution in [1.29, 1.82) is 0 Å². The number of nitrogens with zero attached hydrogens (tertiary/aromatic N) is 2. The van der Waals surface area contributed by atoms with E-state index < -0.39 is 15.8 Å². The van der Waals surface area contributed by atoms with Crippen LogP contribution < -0.4 is 4.74 Å². The van der Waals surface area contributed by atoms with Crippen LogP contribution in [0.25, 0.3) is 0 Å². The average molecular weight is 382 g/mol. The third-order valence-corrected chi connectivity index (χ3v) is 6.30. The van der Waals surface area contributed by atoms with Gasteiger partial charge in [-0.05, 0) is 36.4 Å². The molecule has 2 aromatic rings. The predicted molar refractivity (Wildman–Crippen MR) is 93.4 cm³/mol. The number of hydrogen-bond acceptors (Lipinski definition) is 4. The summed E-state index contributed by atoms with van der Waals surface area (Å²) in [5.41, 5.74) is 0.717. The number of piperazine rings is 1. The highest BCUT2D eigenvalue weighted by Crippen LogP contribution is 2.23. The first-order valence-corrected chi connectivity index (χ1v) is 9.64. The van der Waals surface area contributed by atoms with Crippen molar-refractivity contribution in [3.63, 3.8) is 0 Å². The number of hydrogen-bond donors (Lipinski definition) is 0. The molecule has 140 valence electrons. The summed E-state index contributed by atoms with van der Waals surface area (Å²) in [6.45, 7) is 2.03. The van der Waals surface area contributed by atoms with Crippen molar-refractivity contribution in [1.82, 2.24) is 9.21 Å². The van der Waals surface area contributed by atoms with Gasteiger partial charge in [-0.15, -0.1) is 0 Å². The van der Waals surface area contributed by atoms with E-state index in [2.05, 4.69) is 0 Å². The van der Waals surface area contributed by atoms with Crippen molar-refractivity contribution in [2.45, 2.75) is 11.4 Å². The Bertz CT molecular complexity index is 882. The summed E-state index contributed by atoms with van der Waals surface area (Å²) < 4.78 is 58.7. The van der Waals surface area contributed by atoms with Gasteiger partial charge in [-0.1, -0.05) is 6.07 Å². The largest absolute Gasteiger partial charge is 0.496 e. The van der Waals surface area contributed by atoms with Crippen LogP contribution >= 0.6 is 0 Å². The third-order valence-electron chi connectivity index (χ3n) is 4.40. The van der Waals surface area contributed by atoms with Gasteiger partial charge in [-0.25, -0.2) is 17.2 Å². The molecule has 1 heterocycles. The van der Waals surface area contributed by atoms with Crippen LogP contribution in [0.4, 0.5) is 8.78 Å². The van der Waals surface area contributed by atoms with Crippen LogP contribution in [0.15, 0.2) is 47.4 Å². The van der Waals surface area contributed by atoms with Crippen molar-refractivity contribution in [3.8, 4) is 5.75 Å². The lowest BCUT2D eigenvalue weighted by atomic mass is 10.1. The Morgan fingerprint density at radius 1 is 1.00 bits per heavy atom. The summed E-state index contributed by atoms with van der Waals surface area (Å²) in [4.78, 5) is 1.99. The van der Waals surface area contributed by atoms with Crippen molar-refractivity contribution < 1.29 is 21.9 Å². The second-order valence-electron chi connectivity index (χ2n) is 6.09. The summed E-state index contributed by atoms with van der Waals surface area (Å²) in [7, 11) is -2.19. The van der Waals surface area contributed by atoms with E-state index in [0.717, 1.165) is 6.07 Å². The van der Waals surface area contributed by atoms with Gasteiger partial charge >= 0.3 is 0 Å². The zero-order valence-electron chi connectivity index (χ0n) is 14.4. The summed E-state index contributed by atoms with van der Waals surface area (Å²) in [6.07, 6.45) is 0. The van der Waals surface area contributed by atoms with E-state index in [0.29, 0.717) is 30.9 Å². The Morgan fingerprint density at radius 3 is 2.35 bits per heavy atom. The molecule has 26 heavy (non-hydrogen) atoms. The predicted octanol–water partition coefficient (Wildman–Crippen LogP) is 2.48. The molecule has 3 rings (SSSR count). The molecule has 0 N–H and O–H groups in total. The van der Waals surface area contributed by atoms with Crippen LogP contribution in [0.1, 0.15) is 5.56 Å².